The van der Waals surface area contributed by atoms with Crippen LogP contribution in [0.15, 0.2) is 64.4 Å². The summed E-state index contributed by atoms with van der Waals surface area (Å²) in [5, 5.41) is 4.00. The summed E-state index contributed by atoms with van der Waals surface area (Å²) in [4.78, 5) is 19.5. The van der Waals surface area contributed by atoms with Crippen LogP contribution in [0.25, 0.3) is 11.3 Å². The van der Waals surface area contributed by atoms with Gasteiger partial charge in [-0.05, 0) is 29.8 Å². The zero-order valence-corrected chi connectivity index (χ0v) is 15.6. The summed E-state index contributed by atoms with van der Waals surface area (Å²) >= 11 is 10.8. The number of halogens is 2. The maximum atomic E-state index is 12.0. The molecule has 0 saturated carbocycles. The Kier molecular flexibility index (Phi) is 5.60. The van der Waals surface area contributed by atoms with Crippen LogP contribution in [0.2, 0.25) is 5.02 Å². The van der Waals surface area contributed by atoms with Crippen LogP contribution in [0.5, 0.6) is 0 Å². The first-order valence-corrected chi connectivity index (χ1v) is 9.25. The Morgan fingerprint density at radius 2 is 1.96 bits per heavy atom. The molecular weight excluding hydrogens is 410 g/mol. The molecule has 0 saturated heterocycles. The van der Waals surface area contributed by atoms with E-state index in [0.717, 1.165) is 15.7 Å². The molecule has 24 heavy (non-hydrogen) atoms. The van der Waals surface area contributed by atoms with Crippen LogP contribution >= 0.6 is 39.3 Å². The molecule has 0 atom stereocenters. The number of aromatic nitrogens is 2. The van der Waals surface area contributed by atoms with Crippen molar-refractivity contribution in [3.05, 3.63) is 64.2 Å². The Balaban J connectivity index is 1.58. The molecule has 1 heterocycles. The molecular formula is C17H13BrClN3OS. The number of carbonyl (C=O) groups excluding carboxylic acids is 1. The van der Waals surface area contributed by atoms with Crippen molar-refractivity contribution < 1.29 is 4.79 Å². The quantitative estimate of drug-likeness (QED) is 0.554. The molecule has 4 nitrogen and oxygen atoms in total. The summed E-state index contributed by atoms with van der Waals surface area (Å²) < 4.78 is 1.02. The largest absolute Gasteiger partial charge is 0.333 e. The Bertz CT molecular complexity index is 851. The van der Waals surface area contributed by atoms with Crippen LogP contribution in [-0.4, -0.2) is 21.6 Å². The molecule has 0 unspecified atom stereocenters. The minimum absolute atomic E-state index is 0.130. The molecule has 3 aromatic rings. The Hall–Kier alpha value is -1.76. The van der Waals surface area contributed by atoms with Gasteiger partial charge < -0.3 is 10.3 Å². The predicted octanol–water partition coefficient (Wildman–Crippen LogP) is 5.22. The lowest BCUT2D eigenvalue weighted by atomic mass is 10.2. The van der Waals surface area contributed by atoms with Crippen LogP contribution in [-0.2, 0) is 4.79 Å². The number of hydrogen-bond donors (Lipinski definition) is 2. The molecule has 0 fully saturated rings. The smallest absolute Gasteiger partial charge is 0.234 e. The van der Waals surface area contributed by atoms with Gasteiger partial charge in [-0.15, -0.1) is 0 Å². The van der Waals surface area contributed by atoms with Crippen LogP contribution in [0.1, 0.15) is 0 Å². The van der Waals surface area contributed by atoms with Crippen molar-refractivity contribution in [3.63, 3.8) is 0 Å². The zero-order chi connectivity index (χ0) is 16.9. The van der Waals surface area contributed by atoms with E-state index in [1.54, 1.807) is 18.3 Å². The highest BCUT2D eigenvalue weighted by atomic mass is 79.9. The minimum atomic E-state index is -0.130. The summed E-state index contributed by atoms with van der Waals surface area (Å²) in [7, 11) is 0. The molecule has 0 spiro atoms. The first kappa shape index (κ1) is 17.1. The van der Waals surface area contributed by atoms with E-state index in [9.17, 15) is 4.79 Å². The molecule has 0 bridgehead atoms. The molecule has 7 heteroatoms. The van der Waals surface area contributed by atoms with Gasteiger partial charge in [0, 0.05) is 4.47 Å². The number of rotatable bonds is 5. The van der Waals surface area contributed by atoms with Crippen LogP contribution in [0.3, 0.4) is 0 Å². The Morgan fingerprint density at radius 1 is 1.21 bits per heavy atom. The number of benzene rings is 2. The minimum Gasteiger partial charge on any atom is -0.333 e. The number of aromatic amines is 1. The third-order valence-corrected chi connectivity index (χ3v) is 4.94. The molecule has 122 valence electrons. The van der Waals surface area contributed by atoms with Crippen LogP contribution in [0.4, 0.5) is 5.69 Å². The molecule has 0 aliphatic rings. The van der Waals surface area contributed by atoms with Crippen molar-refractivity contribution in [1.29, 1.82) is 0 Å². The van der Waals surface area contributed by atoms with E-state index in [1.165, 1.54) is 11.8 Å². The van der Waals surface area contributed by atoms with E-state index >= 15 is 0 Å². The molecule has 0 radical (unpaired) electrons. The highest BCUT2D eigenvalue weighted by Crippen LogP contribution is 2.24. The fourth-order valence-electron chi connectivity index (χ4n) is 2.04. The first-order chi connectivity index (χ1) is 11.6. The second-order valence-corrected chi connectivity index (χ2v) is 7.21. The lowest BCUT2D eigenvalue weighted by Crippen LogP contribution is -2.14. The van der Waals surface area contributed by atoms with Crippen molar-refractivity contribution in [2.24, 2.45) is 0 Å². The fourth-order valence-corrected chi connectivity index (χ4v) is 3.13. The molecule has 1 aromatic heterocycles. The monoisotopic (exact) mass is 421 g/mol. The van der Waals surface area contributed by atoms with Crippen molar-refractivity contribution in [1.82, 2.24) is 9.97 Å². The number of carbonyl (C=O) groups is 1. The molecule has 2 aromatic carbocycles. The van der Waals surface area contributed by atoms with E-state index in [1.807, 2.05) is 36.4 Å². The standard InChI is InChI=1S/C17H13BrClN3OS/c18-12-7-5-11(6-8-12)15-9-20-17(22-15)24-10-16(23)21-14-4-2-1-3-13(14)19/h1-9H,10H2,(H,20,22)(H,21,23). The van der Waals surface area contributed by atoms with Gasteiger partial charge in [0.25, 0.3) is 0 Å². The van der Waals surface area contributed by atoms with Crippen LogP contribution < -0.4 is 5.32 Å². The van der Waals surface area contributed by atoms with Gasteiger partial charge in [-0.3, -0.25) is 4.79 Å². The average Bonchev–Trinajstić information content (AvgIpc) is 3.05. The van der Waals surface area contributed by atoms with Gasteiger partial charge in [-0.1, -0.05) is 63.6 Å². The lowest BCUT2D eigenvalue weighted by Gasteiger charge is -2.05. The van der Waals surface area contributed by atoms with Crippen molar-refractivity contribution in [3.8, 4) is 11.3 Å². The number of amides is 1. The highest BCUT2D eigenvalue weighted by molar-refractivity contribution is 9.10. The molecule has 0 aliphatic carbocycles. The number of imidazole rings is 1. The summed E-state index contributed by atoms with van der Waals surface area (Å²) in [6.45, 7) is 0. The van der Waals surface area contributed by atoms with E-state index in [4.69, 9.17) is 11.6 Å². The molecule has 2 N–H and O–H groups in total. The van der Waals surface area contributed by atoms with Gasteiger partial charge in [0.2, 0.25) is 5.91 Å². The highest BCUT2D eigenvalue weighted by Gasteiger charge is 2.09. The lowest BCUT2D eigenvalue weighted by molar-refractivity contribution is -0.113. The third-order valence-electron chi connectivity index (χ3n) is 3.20. The summed E-state index contributed by atoms with van der Waals surface area (Å²) in [5.74, 6) is 0.119. The predicted molar refractivity (Wildman–Crippen MR) is 103 cm³/mol. The average molecular weight is 423 g/mol. The van der Waals surface area contributed by atoms with E-state index < -0.39 is 0 Å². The normalized spacial score (nSPS) is 10.6. The number of para-hydroxylation sites is 1. The summed E-state index contributed by atoms with van der Waals surface area (Å²) in [5.41, 5.74) is 2.56. The Labute approximate surface area is 157 Å². The van der Waals surface area contributed by atoms with Gasteiger partial charge in [0.05, 0.1) is 28.4 Å². The van der Waals surface area contributed by atoms with Crippen molar-refractivity contribution in [2.75, 3.05) is 11.1 Å². The fraction of sp³-hybridized carbons (Fsp3) is 0.0588. The van der Waals surface area contributed by atoms with Gasteiger partial charge in [-0.25, -0.2) is 4.98 Å². The van der Waals surface area contributed by atoms with E-state index in [-0.39, 0.29) is 11.7 Å². The number of anilines is 1. The zero-order valence-electron chi connectivity index (χ0n) is 12.4. The van der Waals surface area contributed by atoms with Gasteiger partial charge in [-0.2, -0.15) is 0 Å². The number of nitrogens with zero attached hydrogens (tertiary/aromatic N) is 1. The second kappa shape index (κ2) is 7.88. The topological polar surface area (TPSA) is 57.8 Å². The number of nitrogens with one attached hydrogen (secondary N) is 2. The number of thioether (sulfide) groups is 1. The third kappa shape index (κ3) is 4.41. The van der Waals surface area contributed by atoms with Crippen molar-refractivity contribution in [2.45, 2.75) is 5.16 Å². The van der Waals surface area contributed by atoms with Gasteiger partial charge in [0.15, 0.2) is 5.16 Å². The number of H-pyrrole nitrogens is 1. The maximum Gasteiger partial charge on any atom is 0.234 e. The SMILES string of the molecule is O=C(CSc1ncc(-c2ccc(Br)cc2)[nH]1)Nc1ccccc1Cl. The maximum absolute atomic E-state index is 12.0. The molecule has 3 rings (SSSR count). The molecule has 1 amide bonds. The van der Waals surface area contributed by atoms with Crippen molar-refractivity contribution >= 4 is 50.9 Å². The Morgan fingerprint density at radius 3 is 2.71 bits per heavy atom. The first-order valence-electron chi connectivity index (χ1n) is 7.10. The van der Waals surface area contributed by atoms with E-state index in [2.05, 4.69) is 31.2 Å². The summed E-state index contributed by atoms with van der Waals surface area (Å²) in [6, 6.07) is 15.1. The molecule has 0 aliphatic heterocycles. The summed E-state index contributed by atoms with van der Waals surface area (Å²) in [6.07, 6.45) is 1.76. The number of hydrogen-bond acceptors (Lipinski definition) is 3. The van der Waals surface area contributed by atoms with E-state index in [0.29, 0.717) is 15.9 Å². The van der Waals surface area contributed by atoms with Gasteiger partial charge >= 0.3 is 0 Å². The van der Waals surface area contributed by atoms with Crippen LogP contribution in [0, 0.1) is 0 Å². The van der Waals surface area contributed by atoms with Gasteiger partial charge in [0.1, 0.15) is 0 Å². The second-order valence-electron chi connectivity index (χ2n) is 4.93.